The van der Waals surface area contributed by atoms with Crippen molar-refractivity contribution in [1.29, 1.82) is 0 Å². The Labute approximate surface area is 68.4 Å². The molecule has 0 fully saturated rings. The number of rotatable bonds is 2. The number of nitrogens with zero attached hydrogens (tertiary/aromatic N) is 1. The fourth-order valence-electron chi connectivity index (χ4n) is 0.711. The second-order valence-electron chi connectivity index (χ2n) is 2.08. The molecular weight excluding hydrogens is 164 g/mol. The summed E-state index contributed by atoms with van der Waals surface area (Å²) in [4.78, 5) is 22.7. The third kappa shape index (κ3) is 2.27. The van der Waals surface area contributed by atoms with Crippen LogP contribution in [0.1, 0.15) is 0 Å². The van der Waals surface area contributed by atoms with Gasteiger partial charge in [-0.15, -0.1) is 11.8 Å². The molecule has 0 bridgehead atoms. The van der Waals surface area contributed by atoms with Crippen molar-refractivity contribution in [3.8, 4) is 0 Å². The van der Waals surface area contributed by atoms with Crippen LogP contribution in [0.2, 0.25) is 0 Å². The highest BCUT2D eigenvalue weighted by atomic mass is 32.2. The van der Waals surface area contributed by atoms with Crippen LogP contribution in [0.25, 0.3) is 0 Å². The maximum atomic E-state index is 11.0. The molecule has 0 aromatic carbocycles. The fourth-order valence-corrected chi connectivity index (χ4v) is 1.35. The third-order valence-corrected chi connectivity index (χ3v) is 1.92. The molecule has 0 saturated carbocycles. The van der Waals surface area contributed by atoms with E-state index in [2.05, 4.69) is 0 Å². The van der Waals surface area contributed by atoms with Gasteiger partial charge >= 0.3 is 0 Å². The highest BCUT2D eigenvalue weighted by molar-refractivity contribution is 8.02. The Hall–Kier alpha value is -0.970. The van der Waals surface area contributed by atoms with Crippen LogP contribution in [0.3, 0.4) is 0 Å². The van der Waals surface area contributed by atoms with E-state index in [1.807, 2.05) is 0 Å². The molecule has 1 aliphatic rings. The summed E-state index contributed by atoms with van der Waals surface area (Å²) >= 11 is 1.41. The van der Waals surface area contributed by atoms with E-state index in [9.17, 15) is 9.59 Å². The van der Waals surface area contributed by atoms with Crippen molar-refractivity contribution in [3.63, 3.8) is 0 Å². The van der Waals surface area contributed by atoms with Crippen molar-refractivity contribution in [2.45, 2.75) is 0 Å². The lowest BCUT2D eigenvalue weighted by Gasteiger charge is -2.18. The largest absolute Gasteiger partial charge is 0.368 e. The van der Waals surface area contributed by atoms with Gasteiger partial charge in [0.1, 0.15) is 6.54 Å². The lowest BCUT2D eigenvalue weighted by molar-refractivity contribution is -0.130. The smallest absolute Gasteiger partial charge is 0.237 e. The molecule has 1 aliphatic heterocycles. The Morgan fingerprint density at radius 2 is 2.55 bits per heavy atom. The van der Waals surface area contributed by atoms with E-state index in [0.717, 1.165) is 0 Å². The Morgan fingerprint density at radius 3 is 3.09 bits per heavy atom. The van der Waals surface area contributed by atoms with Gasteiger partial charge in [0.05, 0.1) is 5.75 Å². The summed E-state index contributed by atoms with van der Waals surface area (Å²) in [7, 11) is 0. The monoisotopic (exact) mass is 172 g/mol. The zero-order valence-corrected chi connectivity index (χ0v) is 6.63. The van der Waals surface area contributed by atoms with Crippen molar-refractivity contribution < 1.29 is 9.59 Å². The summed E-state index contributed by atoms with van der Waals surface area (Å²) in [6.07, 6.45) is 1.57. The minimum Gasteiger partial charge on any atom is -0.368 e. The zero-order valence-electron chi connectivity index (χ0n) is 5.82. The molecule has 0 spiro atoms. The maximum Gasteiger partial charge on any atom is 0.237 e. The summed E-state index contributed by atoms with van der Waals surface area (Å²) < 4.78 is 0. The van der Waals surface area contributed by atoms with Crippen LogP contribution >= 0.6 is 11.8 Å². The van der Waals surface area contributed by atoms with Gasteiger partial charge in [-0.25, -0.2) is 0 Å². The molecule has 5 heteroatoms. The number of carbonyl (C=O) groups excluding carboxylic acids is 2. The molecule has 1 rings (SSSR count). The van der Waals surface area contributed by atoms with Crippen molar-refractivity contribution in [2.24, 2.45) is 5.73 Å². The molecular formula is C6H8N2O2S. The predicted molar refractivity (Wildman–Crippen MR) is 42.5 cm³/mol. The molecule has 0 unspecified atom stereocenters. The van der Waals surface area contributed by atoms with E-state index in [0.29, 0.717) is 5.75 Å². The van der Waals surface area contributed by atoms with Crippen LogP contribution in [-0.2, 0) is 9.59 Å². The van der Waals surface area contributed by atoms with E-state index in [1.54, 1.807) is 11.6 Å². The first kappa shape index (κ1) is 8.13. The first-order valence-electron chi connectivity index (χ1n) is 3.06. The van der Waals surface area contributed by atoms with Gasteiger partial charge in [-0.3, -0.25) is 9.59 Å². The third-order valence-electron chi connectivity index (χ3n) is 1.19. The highest BCUT2D eigenvalue weighted by Crippen LogP contribution is 2.11. The van der Waals surface area contributed by atoms with E-state index in [4.69, 9.17) is 5.73 Å². The maximum absolute atomic E-state index is 11.0. The molecule has 2 N–H and O–H groups in total. The normalized spacial score (nSPS) is 17.1. The van der Waals surface area contributed by atoms with Crippen molar-refractivity contribution in [1.82, 2.24) is 4.90 Å². The molecule has 0 aromatic heterocycles. The van der Waals surface area contributed by atoms with Crippen molar-refractivity contribution >= 4 is 23.6 Å². The number of carbonyl (C=O) groups is 2. The molecule has 60 valence electrons. The van der Waals surface area contributed by atoms with Crippen LogP contribution in [0.5, 0.6) is 0 Å². The van der Waals surface area contributed by atoms with Gasteiger partial charge in [-0.1, -0.05) is 0 Å². The fraction of sp³-hybridized carbons (Fsp3) is 0.333. The Balaban J connectivity index is 2.55. The number of amides is 2. The number of nitrogens with two attached hydrogens (primary N) is 1. The van der Waals surface area contributed by atoms with Gasteiger partial charge in [0.25, 0.3) is 0 Å². The lowest BCUT2D eigenvalue weighted by atomic mass is 10.5. The van der Waals surface area contributed by atoms with E-state index >= 15 is 0 Å². The van der Waals surface area contributed by atoms with E-state index < -0.39 is 5.91 Å². The zero-order chi connectivity index (χ0) is 8.27. The summed E-state index contributed by atoms with van der Waals surface area (Å²) in [5, 5.41) is 1.77. The van der Waals surface area contributed by atoms with Gasteiger partial charge in [0.15, 0.2) is 0 Å². The number of hydrogen-bond acceptors (Lipinski definition) is 3. The first-order chi connectivity index (χ1) is 5.20. The van der Waals surface area contributed by atoms with Crippen LogP contribution < -0.4 is 5.73 Å². The molecule has 0 aromatic rings. The quantitative estimate of drug-likeness (QED) is 0.611. The molecule has 2 amide bonds. The van der Waals surface area contributed by atoms with Crippen LogP contribution in [0.15, 0.2) is 11.6 Å². The second kappa shape index (κ2) is 3.43. The molecule has 0 radical (unpaired) electrons. The summed E-state index contributed by atoms with van der Waals surface area (Å²) in [6, 6.07) is 0. The predicted octanol–water partition coefficient (Wildman–Crippen LogP) is -0.482. The van der Waals surface area contributed by atoms with Gasteiger partial charge in [0.2, 0.25) is 11.8 Å². The minimum atomic E-state index is -0.491. The molecule has 4 nitrogen and oxygen atoms in total. The SMILES string of the molecule is NC(=O)CN1C=CSCC1=O. The minimum absolute atomic E-state index is 0.0180. The van der Waals surface area contributed by atoms with E-state index in [1.165, 1.54) is 16.7 Å². The van der Waals surface area contributed by atoms with Crippen molar-refractivity contribution in [3.05, 3.63) is 11.6 Å². The lowest BCUT2D eigenvalue weighted by Crippen LogP contribution is -2.36. The van der Waals surface area contributed by atoms with E-state index in [-0.39, 0.29) is 12.5 Å². The van der Waals surface area contributed by atoms with Gasteiger partial charge < -0.3 is 10.6 Å². The van der Waals surface area contributed by atoms with Crippen LogP contribution in [0, 0.1) is 0 Å². The Bertz CT molecular complexity index is 215. The molecule has 1 heterocycles. The summed E-state index contributed by atoms with van der Waals surface area (Å²) in [5.74, 6) is -0.171. The Kier molecular flexibility index (Phi) is 2.53. The molecule has 0 saturated heterocycles. The molecule has 0 aliphatic carbocycles. The highest BCUT2D eigenvalue weighted by Gasteiger charge is 2.15. The number of thioether (sulfide) groups is 1. The first-order valence-corrected chi connectivity index (χ1v) is 4.11. The standard InChI is InChI=1S/C6H8N2O2S/c7-5(9)3-8-1-2-11-4-6(8)10/h1-2H,3-4H2,(H2,7,9). The number of primary amides is 1. The summed E-state index contributed by atoms with van der Waals surface area (Å²) in [5.41, 5.74) is 4.91. The van der Waals surface area contributed by atoms with Crippen LogP contribution in [0.4, 0.5) is 0 Å². The van der Waals surface area contributed by atoms with Gasteiger partial charge in [-0.2, -0.15) is 0 Å². The molecule has 0 atom stereocenters. The Morgan fingerprint density at radius 1 is 1.82 bits per heavy atom. The molecule has 11 heavy (non-hydrogen) atoms. The van der Waals surface area contributed by atoms with Gasteiger partial charge in [0, 0.05) is 6.20 Å². The number of hydrogen-bond donors (Lipinski definition) is 1. The van der Waals surface area contributed by atoms with Crippen molar-refractivity contribution in [2.75, 3.05) is 12.3 Å². The van der Waals surface area contributed by atoms with Crippen LogP contribution in [-0.4, -0.2) is 29.0 Å². The average Bonchev–Trinajstić information content (AvgIpc) is 1.93. The summed E-state index contributed by atoms with van der Waals surface area (Å²) in [6.45, 7) is -0.0180. The average molecular weight is 172 g/mol. The second-order valence-corrected chi connectivity index (χ2v) is 2.98. The van der Waals surface area contributed by atoms with Gasteiger partial charge in [-0.05, 0) is 5.41 Å². The topological polar surface area (TPSA) is 63.4 Å².